The van der Waals surface area contributed by atoms with Gasteiger partial charge in [0.1, 0.15) is 17.9 Å². The van der Waals surface area contributed by atoms with E-state index in [1.807, 2.05) is 0 Å². The van der Waals surface area contributed by atoms with E-state index in [1.54, 1.807) is 0 Å². The van der Waals surface area contributed by atoms with Crippen LogP contribution in [-0.4, -0.2) is 26.0 Å². The molecule has 0 saturated carbocycles. The van der Waals surface area contributed by atoms with Crippen LogP contribution in [0.4, 0.5) is 0 Å². The molecule has 0 radical (unpaired) electrons. The van der Waals surface area contributed by atoms with Crippen molar-refractivity contribution in [3.63, 3.8) is 0 Å². The van der Waals surface area contributed by atoms with Gasteiger partial charge < -0.3 is 9.47 Å². The zero-order valence-corrected chi connectivity index (χ0v) is 19.5. The number of ether oxygens (including phenoxy) is 2. The number of esters is 1. The van der Waals surface area contributed by atoms with Crippen LogP contribution in [0.1, 0.15) is 46.5 Å². The fourth-order valence-electron chi connectivity index (χ4n) is 3.27. The molecule has 0 spiro atoms. The highest BCUT2D eigenvalue weighted by Gasteiger charge is 2.32. The van der Waals surface area contributed by atoms with Crippen molar-refractivity contribution in [1.29, 1.82) is 0 Å². The number of carbonyl (C=O) groups excluding carboxylic acids is 1. The van der Waals surface area contributed by atoms with Crippen LogP contribution in [-0.2, 0) is 24.2 Å². The van der Waals surface area contributed by atoms with Crippen molar-refractivity contribution in [2.24, 2.45) is 0 Å². The second-order valence-corrected chi connectivity index (χ2v) is 14.4. The molecule has 1 aliphatic heterocycles. The lowest BCUT2D eigenvalue weighted by Crippen LogP contribution is -2.23. The van der Waals surface area contributed by atoms with Crippen molar-refractivity contribution < 1.29 is 14.3 Å². The van der Waals surface area contributed by atoms with Crippen LogP contribution in [0, 0.1) is 6.92 Å². The summed E-state index contributed by atoms with van der Waals surface area (Å²) < 4.78 is 11.6. The molecule has 0 aliphatic carbocycles. The Morgan fingerprint density at radius 1 is 1.31 bits per heavy atom. The Kier molecular flexibility index (Phi) is 7.14. The molecule has 0 atom stereocenters. The third-order valence-corrected chi connectivity index (χ3v) is 7.53. The molecule has 1 aliphatic rings. The zero-order valence-electron chi connectivity index (χ0n) is 16.9. The fraction of sp³-hybridized carbons (Fsp3) is 0.571. The maximum Gasteiger partial charge on any atom is 0.342 e. The third kappa shape index (κ3) is 4.80. The van der Waals surface area contributed by atoms with Crippen LogP contribution in [0.25, 0.3) is 0 Å². The molecule has 0 N–H and O–H groups in total. The average molecular weight is 439 g/mol. The SMILES string of the molecule is CCc1c(C)c2c(c(OCC[Si](C)(C)C)c1CC=C(C)CBr)C(=O)OC2. The lowest BCUT2D eigenvalue weighted by atomic mass is 9.89. The number of rotatable bonds is 8. The molecule has 1 aromatic rings. The van der Waals surface area contributed by atoms with Crippen LogP contribution in [0.3, 0.4) is 0 Å². The average Bonchev–Trinajstić information content (AvgIpc) is 2.96. The molecule has 5 heteroatoms. The minimum atomic E-state index is -1.21. The van der Waals surface area contributed by atoms with Gasteiger partial charge in [0.05, 0.1) is 6.61 Å². The molecule has 0 bridgehead atoms. The predicted octanol–water partition coefficient (Wildman–Crippen LogP) is 5.83. The number of hydrogen-bond acceptors (Lipinski definition) is 3. The van der Waals surface area contributed by atoms with Crippen molar-refractivity contribution in [2.75, 3.05) is 11.9 Å². The van der Waals surface area contributed by atoms with E-state index in [9.17, 15) is 4.79 Å². The normalized spacial score (nSPS) is 14.4. The molecule has 0 saturated heterocycles. The molecular formula is C21H31BrO3Si. The summed E-state index contributed by atoms with van der Waals surface area (Å²) in [7, 11) is -1.21. The summed E-state index contributed by atoms with van der Waals surface area (Å²) >= 11 is 3.51. The molecule has 0 fully saturated rings. The lowest BCUT2D eigenvalue weighted by molar-refractivity contribution is 0.0532. The molecule has 144 valence electrons. The number of halogens is 1. The summed E-state index contributed by atoms with van der Waals surface area (Å²) in [6, 6.07) is 1.07. The van der Waals surface area contributed by atoms with Crippen LogP contribution in [0.15, 0.2) is 11.6 Å². The van der Waals surface area contributed by atoms with Gasteiger partial charge in [-0.15, -0.1) is 0 Å². The maximum absolute atomic E-state index is 12.4. The Hall–Kier alpha value is -1.07. The fourth-order valence-corrected chi connectivity index (χ4v) is 4.21. The first-order valence-electron chi connectivity index (χ1n) is 9.38. The van der Waals surface area contributed by atoms with Gasteiger partial charge in [-0.25, -0.2) is 4.79 Å². The van der Waals surface area contributed by atoms with Gasteiger partial charge in [0.25, 0.3) is 0 Å². The summed E-state index contributed by atoms with van der Waals surface area (Å²) in [4.78, 5) is 12.4. The monoisotopic (exact) mass is 438 g/mol. The van der Waals surface area contributed by atoms with Gasteiger partial charge in [-0.1, -0.05) is 54.1 Å². The second-order valence-electron chi connectivity index (χ2n) is 8.24. The number of hydrogen-bond donors (Lipinski definition) is 0. The van der Waals surface area contributed by atoms with Crippen LogP contribution in [0.5, 0.6) is 5.75 Å². The third-order valence-electron chi connectivity index (χ3n) is 4.94. The Balaban J connectivity index is 2.53. The Morgan fingerprint density at radius 2 is 2.00 bits per heavy atom. The molecule has 1 aromatic carbocycles. The summed E-state index contributed by atoms with van der Waals surface area (Å²) in [5.41, 5.74) is 6.59. The highest BCUT2D eigenvalue weighted by molar-refractivity contribution is 9.09. The largest absolute Gasteiger partial charge is 0.493 e. The van der Waals surface area contributed by atoms with Crippen molar-refractivity contribution in [3.8, 4) is 5.75 Å². The highest BCUT2D eigenvalue weighted by atomic mass is 79.9. The Labute approximate surface area is 167 Å². The van der Waals surface area contributed by atoms with E-state index in [0.29, 0.717) is 18.8 Å². The van der Waals surface area contributed by atoms with Gasteiger partial charge in [-0.05, 0) is 43.9 Å². The molecule has 26 heavy (non-hydrogen) atoms. The van der Waals surface area contributed by atoms with Crippen molar-refractivity contribution in [2.45, 2.75) is 65.9 Å². The number of fused-ring (bicyclic) bond motifs is 1. The van der Waals surface area contributed by atoms with Crippen LogP contribution in [0.2, 0.25) is 25.7 Å². The van der Waals surface area contributed by atoms with E-state index >= 15 is 0 Å². The molecule has 3 nitrogen and oxygen atoms in total. The number of alkyl halides is 1. The van der Waals surface area contributed by atoms with Gasteiger partial charge in [-0.3, -0.25) is 0 Å². The van der Waals surface area contributed by atoms with E-state index in [1.165, 1.54) is 16.7 Å². The molecule has 0 aromatic heterocycles. The van der Waals surface area contributed by atoms with Crippen molar-refractivity contribution >= 4 is 30.0 Å². The maximum atomic E-state index is 12.4. The van der Waals surface area contributed by atoms with Crippen LogP contribution < -0.4 is 4.74 Å². The van der Waals surface area contributed by atoms with Crippen molar-refractivity contribution in [1.82, 2.24) is 0 Å². The minimum absolute atomic E-state index is 0.240. The number of benzene rings is 1. The lowest BCUT2D eigenvalue weighted by Gasteiger charge is -2.22. The predicted molar refractivity (Wildman–Crippen MR) is 115 cm³/mol. The van der Waals surface area contributed by atoms with E-state index in [4.69, 9.17) is 9.47 Å². The van der Waals surface area contributed by atoms with E-state index < -0.39 is 8.07 Å². The van der Waals surface area contributed by atoms with Gasteiger partial charge >= 0.3 is 5.97 Å². The first-order chi connectivity index (χ1) is 12.2. The Morgan fingerprint density at radius 3 is 2.58 bits per heavy atom. The van der Waals surface area contributed by atoms with E-state index in [2.05, 4.69) is 62.4 Å². The zero-order chi connectivity index (χ0) is 19.5. The topological polar surface area (TPSA) is 35.5 Å². The van der Waals surface area contributed by atoms with Crippen LogP contribution >= 0.6 is 15.9 Å². The summed E-state index contributed by atoms with van der Waals surface area (Å²) in [5, 5.41) is 0.853. The summed E-state index contributed by atoms with van der Waals surface area (Å²) in [6.45, 7) is 14.4. The molecule has 2 rings (SSSR count). The molecule has 0 unspecified atom stereocenters. The van der Waals surface area contributed by atoms with Crippen molar-refractivity contribution in [3.05, 3.63) is 39.5 Å². The molecule has 0 amide bonds. The molecular weight excluding hydrogens is 408 g/mol. The van der Waals surface area contributed by atoms with Gasteiger partial charge in [0, 0.05) is 24.5 Å². The summed E-state index contributed by atoms with van der Waals surface area (Å²) in [6.07, 6.45) is 3.93. The first-order valence-corrected chi connectivity index (χ1v) is 14.2. The van der Waals surface area contributed by atoms with E-state index in [-0.39, 0.29) is 5.97 Å². The number of allylic oxidation sites excluding steroid dienone is 2. The quantitative estimate of drug-likeness (QED) is 0.221. The van der Waals surface area contributed by atoms with Gasteiger partial charge in [0.15, 0.2) is 0 Å². The number of cyclic esters (lactones) is 1. The highest BCUT2D eigenvalue weighted by Crippen LogP contribution is 2.39. The first kappa shape index (κ1) is 21.2. The number of carbonyl (C=O) groups is 1. The Bertz CT molecular complexity index is 717. The van der Waals surface area contributed by atoms with Gasteiger partial charge in [0.2, 0.25) is 0 Å². The summed E-state index contributed by atoms with van der Waals surface area (Å²) in [5.74, 6) is 0.526. The smallest absolute Gasteiger partial charge is 0.342 e. The minimum Gasteiger partial charge on any atom is -0.493 e. The molecule has 1 heterocycles. The second kappa shape index (κ2) is 8.74. The standard InChI is InChI=1S/C21H31BrO3Si/c1-7-16-15(3)18-13-25-21(23)19(18)20(24-10-11-26(4,5)6)17(16)9-8-14(2)12-22/h8H,7,9-13H2,1-6H3. The van der Waals surface area contributed by atoms with Gasteiger partial charge in [-0.2, -0.15) is 0 Å². The van der Waals surface area contributed by atoms with E-state index in [0.717, 1.165) is 41.1 Å².